The zero-order chi connectivity index (χ0) is 14.7. The molecule has 0 amide bonds. The van der Waals surface area contributed by atoms with Gasteiger partial charge in [0.2, 0.25) is 0 Å². The van der Waals surface area contributed by atoms with Crippen LogP contribution < -0.4 is 0 Å². The summed E-state index contributed by atoms with van der Waals surface area (Å²) in [7, 11) is 4.57. The van der Waals surface area contributed by atoms with Gasteiger partial charge in [-0.3, -0.25) is 0 Å². The minimum absolute atomic E-state index is 1.23. The Bertz CT molecular complexity index is 351. The van der Waals surface area contributed by atoms with Crippen LogP contribution in [0.1, 0.15) is 47.9 Å². The summed E-state index contributed by atoms with van der Waals surface area (Å²) in [4.78, 5) is 0. The quantitative estimate of drug-likeness (QED) is 0.300. The van der Waals surface area contributed by atoms with Crippen molar-refractivity contribution in [3.63, 3.8) is 0 Å². The van der Waals surface area contributed by atoms with Crippen molar-refractivity contribution in [2.75, 3.05) is 0 Å². The predicted molar refractivity (Wildman–Crippen MR) is 83.6 cm³/mol. The maximum absolute atomic E-state index is 4.57. The molecule has 0 spiro atoms. The van der Waals surface area contributed by atoms with Crippen LogP contribution in [-0.4, -0.2) is 0 Å². The molecule has 108 valence electrons. The third-order valence-corrected chi connectivity index (χ3v) is 3.51. The monoisotopic (exact) mass is 366 g/mol. The zero-order valence-electron chi connectivity index (χ0n) is 12.4. The number of aryl methyl sites for hydroxylation is 2. The molecule has 0 atom stereocenters. The van der Waals surface area contributed by atoms with Crippen LogP contribution in [0.5, 0.6) is 0 Å². The van der Waals surface area contributed by atoms with Gasteiger partial charge in [-0.15, -0.1) is 0 Å². The molecular formula is C17H25ClRu. The number of halogens is 1. The van der Waals surface area contributed by atoms with Gasteiger partial charge in [0, 0.05) is 0 Å². The summed E-state index contributed by atoms with van der Waals surface area (Å²) in [6.45, 7) is 8.68. The molecule has 1 aliphatic rings. The van der Waals surface area contributed by atoms with Crippen LogP contribution in [0.3, 0.4) is 0 Å². The van der Waals surface area contributed by atoms with Crippen LogP contribution in [0.4, 0.5) is 0 Å². The van der Waals surface area contributed by atoms with Crippen molar-refractivity contribution in [1.29, 1.82) is 0 Å². The molecule has 0 heterocycles. The van der Waals surface area contributed by atoms with Gasteiger partial charge in [0.15, 0.2) is 0 Å². The Kier molecular flexibility index (Phi) is 11.4. The van der Waals surface area contributed by atoms with E-state index in [0.717, 1.165) is 0 Å². The first-order chi connectivity index (χ1) is 9.13. The number of hydrogen-bond donors (Lipinski definition) is 0. The van der Waals surface area contributed by atoms with Crippen molar-refractivity contribution < 1.29 is 17.3 Å². The average molecular weight is 366 g/mol. The molecule has 1 aromatic carbocycles. The zero-order valence-corrected chi connectivity index (χ0v) is 14.9. The van der Waals surface area contributed by atoms with E-state index in [1.807, 2.05) is 17.3 Å². The molecule has 2 rings (SSSR count). The topological polar surface area (TPSA) is 0 Å². The normalized spacial score (nSPS) is 16.9. The van der Waals surface area contributed by atoms with Crippen LogP contribution in [-0.2, 0) is 17.3 Å². The molecule has 19 heavy (non-hydrogen) atoms. The maximum atomic E-state index is 4.57. The minimum atomic E-state index is 1.23. The van der Waals surface area contributed by atoms with Gasteiger partial charge in [0.1, 0.15) is 0 Å². The van der Waals surface area contributed by atoms with Crippen molar-refractivity contribution in [3.8, 4) is 0 Å². The van der Waals surface area contributed by atoms with Crippen LogP contribution in [0.25, 0.3) is 0 Å². The van der Waals surface area contributed by atoms with Crippen LogP contribution >= 0.6 is 9.69 Å². The molecule has 0 fully saturated rings. The van der Waals surface area contributed by atoms with Crippen molar-refractivity contribution in [1.82, 2.24) is 0 Å². The molecule has 0 aliphatic heterocycles. The van der Waals surface area contributed by atoms with E-state index < -0.39 is 0 Å². The van der Waals surface area contributed by atoms with Crippen LogP contribution in [0.15, 0.2) is 30.4 Å². The molecule has 0 aromatic heterocycles. The molecule has 2 heteroatoms. The van der Waals surface area contributed by atoms with E-state index in [1.165, 1.54) is 47.9 Å². The summed E-state index contributed by atoms with van der Waals surface area (Å²) in [5.74, 6) is 0. The Balaban J connectivity index is 0.000000303. The van der Waals surface area contributed by atoms with E-state index >= 15 is 0 Å². The Labute approximate surface area is 133 Å². The molecule has 0 saturated carbocycles. The molecule has 1 aromatic rings. The standard InChI is InChI=1S/C9H13.C8H12.ClH.Ru/c1-6-5-7(2)9(4)8(6)3;1-2-4-6-8-7-5-3-1;;/h5H,1-4H3;1-2,7-8H,3-6H2;1H;/q-1;;;+2/p-1/b;2-1-,8-7-;;. The second-order valence-corrected chi connectivity index (χ2v) is 4.86. The van der Waals surface area contributed by atoms with Gasteiger partial charge in [-0.1, -0.05) is 52.0 Å². The average Bonchev–Trinajstić information content (AvgIpc) is 2.59. The fraction of sp³-hybridized carbons (Fsp3) is 0.471. The molecule has 0 saturated heterocycles. The predicted octanol–water partition coefficient (Wildman–Crippen LogP) is 6.00. The SMILES string of the molecule is C1=C\CC/C=C\CC/1.Cc1cc(C)[c-](C)c1C.[Cl][Ru+]. The summed E-state index contributed by atoms with van der Waals surface area (Å²) in [6.07, 6.45) is 14.0. The molecule has 0 radical (unpaired) electrons. The summed E-state index contributed by atoms with van der Waals surface area (Å²) >= 11 is 1.82. The molecular weight excluding hydrogens is 341 g/mol. The number of hydrogen-bond acceptors (Lipinski definition) is 0. The Morgan fingerprint density at radius 1 is 0.895 bits per heavy atom. The second-order valence-electron chi connectivity index (χ2n) is 4.86. The van der Waals surface area contributed by atoms with Gasteiger partial charge in [0.25, 0.3) is 0 Å². The molecule has 0 unspecified atom stereocenters. The van der Waals surface area contributed by atoms with E-state index in [0.29, 0.717) is 0 Å². The van der Waals surface area contributed by atoms with Gasteiger partial charge in [-0.2, -0.15) is 22.3 Å². The molecule has 0 nitrogen and oxygen atoms in total. The third kappa shape index (κ3) is 7.80. The van der Waals surface area contributed by atoms with E-state index in [4.69, 9.17) is 0 Å². The second kappa shape index (κ2) is 11.6. The van der Waals surface area contributed by atoms with Gasteiger partial charge < -0.3 is 0 Å². The number of rotatable bonds is 0. The van der Waals surface area contributed by atoms with Crippen molar-refractivity contribution >= 4 is 9.69 Å². The van der Waals surface area contributed by atoms with E-state index in [1.54, 1.807) is 0 Å². The summed E-state index contributed by atoms with van der Waals surface area (Å²) in [6, 6.07) is 2.24. The van der Waals surface area contributed by atoms with Crippen molar-refractivity contribution in [3.05, 3.63) is 52.6 Å². The first kappa shape index (κ1) is 18.7. The number of allylic oxidation sites excluding steroid dienone is 4. The molecule has 1 aliphatic carbocycles. The van der Waals surface area contributed by atoms with E-state index in [-0.39, 0.29) is 0 Å². The van der Waals surface area contributed by atoms with E-state index in [2.05, 4.69) is 67.8 Å². The van der Waals surface area contributed by atoms with Crippen LogP contribution in [0, 0.1) is 27.7 Å². The summed E-state index contributed by atoms with van der Waals surface area (Å²) < 4.78 is 0. The molecule has 0 bridgehead atoms. The van der Waals surface area contributed by atoms with Crippen LogP contribution in [0.2, 0.25) is 0 Å². The van der Waals surface area contributed by atoms with Crippen molar-refractivity contribution in [2.45, 2.75) is 53.4 Å². The first-order valence-electron chi connectivity index (χ1n) is 6.76. The summed E-state index contributed by atoms with van der Waals surface area (Å²) in [5.41, 5.74) is 5.75. The van der Waals surface area contributed by atoms with E-state index in [9.17, 15) is 0 Å². The van der Waals surface area contributed by atoms with Gasteiger partial charge >= 0.3 is 27.0 Å². The van der Waals surface area contributed by atoms with Gasteiger partial charge in [-0.25, -0.2) is 6.07 Å². The molecule has 0 N–H and O–H groups in total. The fourth-order valence-electron chi connectivity index (χ4n) is 1.99. The fourth-order valence-corrected chi connectivity index (χ4v) is 1.99. The Morgan fingerprint density at radius 3 is 1.42 bits per heavy atom. The van der Waals surface area contributed by atoms with Crippen molar-refractivity contribution in [2.24, 2.45) is 0 Å². The first-order valence-corrected chi connectivity index (χ1v) is 9.00. The van der Waals surface area contributed by atoms with Gasteiger partial charge in [0.05, 0.1) is 0 Å². The third-order valence-electron chi connectivity index (χ3n) is 3.51. The Hall–Kier alpha value is -0.257. The van der Waals surface area contributed by atoms with Gasteiger partial charge in [-0.05, 0) is 25.7 Å². The summed E-state index contributed by atoms with van der Waals surface area (Å²) in [5, 5.41) is 0. The Morgan fingerprint density at radius 2 is 1.26 bits per heavy atom.